The lowest BCUT2D eigenvalue weighted by Crippen LogP contribution is -2.33. The average Bonchev–Trinajstić information content (AvgIpc) is 2.98. The smallest absolute Gasteiger partial charge is 0.239 e. The summed E-state index contributed by atoms with van der Waals surface area (Å²) in [7, 11) is -3.59. The van der Waals surface area contributed by atoms with E-state index in [1.165, 1.54) is 0 Å². The number of hydrogen-bond donors (Lipinski definition) is 1. The summed E-state index contributed by atoms with van der Waals surface area (Å²) in [5, 5.41) is 0. The molecule has 0 aliphatic heterocycles. The Kier molecular flexibility index (Phi) is 3.77. The van der Waals surface area contributed by atoms with Crippen molar-refractivity contribution in [3.63, 3.8) is 0 Å². The molecule has 1 N–H and O–H groups in total. The van der Waals surface area contributed by atoms with Crippen LogP contribution in [0.5, 0.6) is 0 Å². The van der Waals surface area contributed by atoms with Crippen molar-refractivity contribution >= 4 is 31.9 Å². The predicted molar refractivity (Wildman–Crippen MR) is 72.2 cm³/mol. The number of nitrogens with one attached hydrogen (secondary N) is 1. The van der Waals surface area contributed by atoms with Gasteiger partial charge in [0.1, 0.15) is 0 Å². The first-order chi connectivity index (χ1) is 8.37. The Morgan fingerprint density at radius 2 is 1.94 bits per heavy atom. The van der Waals surface area contributed by atoms with Gasteiger partial charge in [0.05, 0.1) is 5.75 Å². The number of sulfonamides is 1. The molecular formula is C12H14BrNO3S. The highest BCUT2D eigenvalue weighted by atomic mass is 79.9. The zero-order chi connectivity index (χ0) is 13.3. The Bertz CT molecular complexity index is 553. The zero-order valence-electron chi connectivity index (χ0n) is 9.89. The standard InChI is InChI=1S/C12H14BrNO3S/c1-8-6-11(8)12(15)14-18(16,17)7-9-2-4-10(13)5-3-9/h2-5,8,11H,6-7H2,1H3,(H,14,15)/t8-,11+/m0/s1. The molecule has 0 heterocycles. The highest BCUT2D eigenvalue weighted by Gasteiger charge is 2.40. The van der Waals surface area contributed by atoms with E-state index in [0.29, 0.717) is 11.5 Å². The largest absolute Gasteiger partial charge is 0.274 e. The molecule has 2 atom stereocenters. The van der Waals surface area contributed by atoms with E-state index in [4.69, 9.17) is 0 Å². The summed E-state index contributed by atoms with van der Waals surface area (Å²) in [4.78, 5) is 11.6. The van der Waals surface area contributed by atoms with Crippen LogP contribution in [-0.4, -0.2) is 14.3 Å². The van der Waals surface area contributed by atoms with E-state index in [1.807, 2.05) is 6.92 Å². The van der Waals surface area contributed by atoms with Gasteiger partial charge in [-0.1, -0.05) is 35.0 Å². The minimum Gasteiger partial charge on any atom is -0.274 e. The summed E-state index contributed by atoms with van der Waals surface area (Å²) in [5.41, 5.74) is 0.655. The fraction of sp³-hybridized carbons (Fsp3) is 0.417. The van der Waals surface area contributed by atoms with Crippen LogP contribution in [0, 0.1) is 11.8 Å². The molecule has 98 valence electrons. The van der Waals surface area contributed by atoms with E-state index in [9.17, 15) is 13.2 Å². The summed E-state index contributed by atoms with van der Waals surface area (Å²) in [5.74, 6) is -0.384. The van der Waals surface area contributed by atoms with Crippen molar-refractivity contribution in [2.45, 2.75) is 19.1 Å². The molecule has 1 aliphatic rings. The number of benzene rings is 1. The van der Waals surface area contributed by atoms with Crippen LogP contribution in [0.2, 0.25) is 0 Å². The van der Waals surface area contributed by atoms with E-state index in [0.717, 1.165) is 10.9 Å². The van der Waals surface area contributed by atoms with E-state index >= 15 is 0 Å². The Balaban J connectivity index is 1.99. The van der Waals surface area contributed by atoms with Crippen LogP contribution in [0.15, 0.2) is 28.7 Å². The molecule has 1 aliphatic carbocycles. The number of halogens is 1. The van der Waals surface area contributed by atoms with Gasteiger partial charge in [0.15, 0.2) is 0 Å². The van der Waals surface area contributed by atoms with Crippen LogP contribution in [0.1, 0.15) is 18.9 Å². The molecule has 1 aromatic carbocycles. The molecule has 1 saturated carbocycles. The maximum absolute atomic E-state index is 11.8. The minimum absolute atomic E-state index is 0.135. The van der Waals surface area contributed by atoms with Crippen LogP contribution in [0.3, 0.4) is 0 Å². The van der Waals surface area contributed by atoms with E-state index in [2.05, 4.69) is 20.7 Å². The number of amides is 1. The van der Waals surface area contributed by atoms with Gasteiger partial charge in [-0.15, -0.1) is 0 Å². The molecule has 0 unspecified atom stereocenters. The first-order valence-electron chi connectivity index (χ1n) is 5.66. The highest BCUT2D eigenvalue weighted by molar-refractivity contribution is 9.10. The molecule has 1 fully saturated rings. The van der Waals surface area contributed by atoms with Gasteiger partial charge in [0, 0.05) is 10.4 Å². The second-order valence-electron chi connectivity index (χ2n) is 4.67. The van der Waals surface area contributed by atoms with Crippen molar-refractivity contribution in [2.24, 2.45) is 11.8 Å². The summed E-state index contributed by atoms with van der Waals surface area (Å²) >= 11 is 3.28. The third-order valence-electron chi connectivity index (χ3n) is 2.97. The normalized spacial score (nSPS) is 22.6. The van der Waals surface area contributed by atoms with Crippen molar-refractivity contribution in [1.29, 1.82) is 0 Å². The zero-order valence-corrected chi connectivity index (χ0v) is 12.3. The average molecular weight is 332 g/mol. The SMILES string of the molecule is C[C@H]1C[C@H]1C(=O)NS(=O)(=O)Cc1ccc(Br)cc1. The summed E-state index contributed by atoms with van der Waals surface area (Å²) < 4.78 is 26.6. The second kappa shape index (κ2) is 5.01. The molecule has 0 spiro atoms. The van der Waals surface area contributed by atoms with Gasteiger partial charge in [-0.25, -0.2) is 8.42 Å². The minimum atomic E-state index is -3.59. The molecule has 18 heavy (non-hydrogen) atoms. The second-order valence-corrected chi connectivity index (χ2v) is 7.31. The molecule has 0 bridgehead atoms. The lowest BCUT2D eigenvalue weighted by molar-refractivity contribution is -0.120. The molecule has 2 rings (SSSR count). The van der Waals surface area contributed by atoms with Crippen LogP contribution in [-0.2, 0) is 20.6 Å². The third kappa shape index (κ3) is 3.55. The topological polar surface area (TPSA) is 63.2 Å². The van der Waals surface area contributed by atoms with Crippen LogP contribution >= 0.6 is 15.9 Å². The lowest BCUT2D eigenvalue weighted by atomic mass is 10.2. The molecule has 6 heteroatoms. The van der Waals surface area contributed by atoms with Crippen LogP contribution in [0.25, 0.3) is 0 Å². The summed E-state index contributed by atoms with van der Waals surface area (Å²) in [6.45, 7) is 1.94. The summed E-state index contributed by atoms with van der Waals surface area (Å²) in [6.07, 6.45) is 0.777. The number of carbonyl (C=O) groups excluding carboxylic acids is 1. The molecule has 0 radical (unpaired) electrons. The Labute approximate surface area is 115 Å². The molecule has 1 aromatic rings. The van der Waals surface area contributed by atoms with Crippen LogP contribution in [0.4, 0.5) is 0 Å². The van der Waals surface area contributed by atoms with Gasteiger partial charge in [-0.3, -0.25) is 9.52 Å². The van der Waals surface area contributed by atoms with E-state index in [1.54, 1.807) is 24.3 Å². The molecule has 1 amide bonds. The predicted octanol–water partition coefficient (Wildman–Crippen LogP) is 2.05. The molecule has 0 saturated heterocycles. The number of rotatable bonds is 4. The first-order valence-corrected chi connectivity index (χ1v) is 8.11. The van der Waals surface area contributed by atoms with E-state index in [-0.39, 0.29) is 17.6 Å². The fourth-order valence-electron chi connectivity index (χ4n) is 1.75. The van der Waals surface area contributed by atoms with Gasteiger partial charge < -0.3 is 0 Å². The summed E-state index contributed by atoms with van der Waals surface area (Å²) in [6, 6.07) is 6.98. The van der Waals surface area contributed by atoms with Gasteiger partial charge in [-0.05, 0) is 30.0 Å². The number of carbonyl (C=O) groups is 1. The van der Waals surface area contributed by atoms with Crippen molar-refractivity contribution in [2.75, 3.05) is 0 Å². The van der Waals surface area contributed by atoms with E-state index < -0.39 is 10.0 Å². The Morgan fingerprint density at radius 3 is 2.44 bits per heavy atom. The van der Waals surface area contributed by atoms with Gasteiger partial charge in [0.2, 0.25) is 15.9 Å². The maximum Gasteiger partial charge on any atom is 0.239 e. The van der Waals surface area contributed by atoms with Gasteiger partial charge in [-0.2, -0.15) is 0 Å². The fourth-order valence-corrected chi connectivity index (χ4v) is 3.18. The quantitative estimate of drug-likeness (QED) is 0.918. The first kappa shape index (κ1) is 13.5. The monoisotopic (exact) mass is 331 g/mol. The molecule has 0 aromatic heterocycles. The Hall–Kier alpha value is -0.880. The van der Waals surface area contributed by atoms with Gasteiger partial charge >= 0.3 is 0 Å². The number of hydrogen-bond acceptors (Lipinski definition) is 3. The Morgan fingerprint density at radius 1 is 1.39 bits per heavy atom. The molecular weight excluding hydrogens is 318 g/mol. The third-order valence-corrected chi connectivity index (χ3v) is 4.73. The van der Waals surface area contributed by atoms with Crippen molar-refractivity contribution in [1.82, 2.24) is 4.72 Å². The van der Waals surface area contributed by atoms with Crippen LogP contribution < -0.4 is 4.72 Å². The molecule has 4 nitrogen and oxygen atoms in total. The van der Waals surface area contributed by atoms with Crippen molar-refractivity contribution in [3.05, 3.63) is 34.3 Å². The lowest BCUT2D eigenvalue weighted by Gasteiger charge is -2.06. The van der Waals surface area contributed by atoms with Crippen molar-refractivity contribution in [3.8, 4) is 0 Å². The highest BCUT2D eigenvalue weighted by Crippen LogP contribution is 2.37. The maximum atomic E-state index is 11.8. The van der Waals surface area contributed by atoms with Crippen molar-refractivity contribution < 1.29 is 13.2 Å². The van der Waals surface area contributed by atoms with Gasteiger partial charge in [0.25, 0.3) is 0 Å².